The van der Waals surface area contributed by atoms with E-state index >= 15 is 0 Å². The molecular formula is C24H15ClF4N2O2. The van der Waals surface area contributed by atoms with Crippen LogP contribution in [0.15, 0.2) is 72.3 Å². The Morgan fingerprint density at radius 2 is 1.82 bits per heavy atom. The number of nitriles is 1. The summed E-state index contributed by atoms with van der Waals surface area (Å²) in [5.74, 6) is -0.895. The average Bonchev–Trinajstić information content (AvgIpc) is 2.77. The number of benzene rings is 3. The summed E-state index contributed by atoms with van der Waals surface area (Å²) in [6, 6.07) is 16.1. The second kappa shape index (κ2) is 10.2. The minimum Gasteiger partial charge on any atom is -0.487 e. The molecule has 0 saturated heterocycles. The van der Waals surface area contributed by atoms with Crippen LogP contribution in [0.2, 0.25) is 5.02 Å². The van der Waals surface area contributed by atoms with Crippen molar-refractivity contribution in [3.8, 4) is 11.8 Å². The highest BCUT2D eigenvalue weighted by atomic mass is 35.5. The fourth-order valence-electron chi connectivity index (χ4n) is 2.75. The molecule has 4 nitrogen and oxygen atoms in total. The van der Waals surface area contributed by atoms with Gasteiger partial charge in [-0.2, -0.15) is 18.4 Å². The molecule has 0 heterocycles. The fourth-order valence-corrected chi connectivity index (χ4v) is 3.00. The number of hydrogen-bond acceptors (Lipinski definition) is 3. The Balaban J connectivity index is 1.71. The molecule has 0 spiro atoms. The molecule has 0 radical (unpaired) electrons. The van der Waals surface area contributed by atoms with Crippen LogP contribution in [0.4, 0.5) is 23.2 Å². The quantitative estimate of drug-likeness (QED) is 0.248. The molecule has 0 aliphatic carbocycles. The van der Waals surface area contributed by atoms with Gasteiger partial charge in [-0.1, -0.05) is 35.9 Å². The molecule has 1 N–H and O–H groups in total. The first-order valence-corrected chi connectivity index (χ1v) is 9.81. The Morgan fingerprint density at radius 1 is 1.09 bits per heavy atom. The number of ether oxygens (including phenoxy) is 1. The molecule has 3 aromatic carbocycles. The molecule has 0 fully saturated rings. The Bertz CT molecular complexity index is 1230. The minimum atomic E-state index is -4.56. The van der Waals surface area contributed by atoms with Gasteiger partial charge in [0, 0.05) is 5.69 Å². The van der Waals surface area contributed by atoms with E-state index in [1.165, 1.54) is 36.4 Å². The summed E-state index contributed by atoms with van der Waals surface area (Å²) in [5, 5.41) is 11.8. The molecule has 3 aromatic rings. The third kappa shape index (κ3) is 6.57. The molecule has 0 atom stereocenters. The van der Waals surface area contributed by atoms with Crippen molar-refractivity contribution in [3.05, 3.63) is 99.8 Å². The Labute approximate surface area is 191 Å². The van der Waals surface area contributed by atoms with Gasteiger partial charge in [0.15, 0.2) is 0 Å². The zero-order valence-electron chi connectivity index (χ0n) is 16.8. The van der Waals surface area contributed by atoms with E-state index < -0.39 is 17.6 Å². The fraction of sp³-hybridized carbons (Fsp3) is 0.0833. The first kappa shape index (κ1) is 23.8. The molecule has 0 aliphatic heterocycles. The summed E-state index contributed by atoms with van der Waals surface area (Å²) in [7, 11) is 0. The molecule has 33 heavy (non-hydrogen) atoms. The number of alkyl halides is 3. The first-order chi connectivity index (χ1) is 15.7. The number of anilines is 1. The number of halogens is 5. The van der Waals surface area contributed by atoms with E-state index in [0.29, 0.717) is 11.3 Å². The van der Waals surface area contributed by atoms with E-state index in [-0.39, 0.29) is 28.7 Å². The van der Waals surface area contributed by atoms with Crippen molar-refractivity contribution >= 4 is 29.3 Å². The molecule has 3 rings (SSSR count). The van der Waals surface area contributed by atoms with Crippen LogP contribution in [0, 0.1) is 17.1 Å². The number of carbonyl (C=O) groups excluding carboxylic acids is 1. The molecule has 0 saturated carbocycles. The zero-order valence-corrected chi connectivity index (χ0v) is 17.5. The van der Waals surface area contributed by atoms with Crippen LogP contribution in [0.3, 0.4) is 0 Å². The van der Waals surface area contributed by atoms with Gasteiger partial charge in [-0.3, -0.25) is 4.79 Å². The minimum absolute atomic E-state index is 0.0986. The predicted octanol–water partition coefficient (Wildman–Crippen LogP) is 6.62. The molecule has 9 heteroatoms. The number of amides is 1. The Hall–Kier alpha value is -3.83. The highest BCUT2D eigenvalue weighted by molar-refractivity contribution is 6.32. The largest absolute Gasteiger partial charge is 0.487 e. The number of nitrogens with one attached hydrogen (secondary N) is 1. The van der Waals surface area contributed by atoms with Gasteiger partial charge in [-0.25, -0.2) is 4.39 Å². The van der Waals surface area contributed by atoms with Crippen molar-refractivity contribution in [1.29, 1.82) is 5.26 Å². The number of carbonyl (C=O) groups is 1. The van der Waals surface area contributed by atoms with Gasteiger partial charge in [0.05, 0.1) is 10.6 Å². The second-order valence-electron chi connectivity index (χ2n) is 6.81. The van der Waals surface area contributed by atoms with Gasteiger partial charge in [0.1, 0.15) is 29.8 Å². The standard InChI is InChI=1S/C24H15ClF4N2O2/c25-21-11-16(6-9-22(21)33-14-15-4-7-19(26)8-5-15)10-17(13-30)23(32)31-20-3-1-2-18(12-20)24(27,28)29/h1-12H,14H2,(H,31,32)/b17-10+. The SMILES string of the molecule is N#C/C(=C\c1ccc(OCc2ccc(F)cc2)c(Cl)c1)C(=O)Nc1cccc(C(F)(F)F)c1. The lowest BCUT2D eigenvalue weighted by atomic mass is 10.1. The van der Waals surface area contributed by atoms with Crippen LogP contribution in [-0.2, 0) is 17.6 Å². The topological polar surface area (TPSA) is 62.1 Å². The lowest BCUT2D eigenvalue weighted by Crippen LogP contribution is -2.14. The van der Waals surface area contributed by atoms with Gasteiger partial charge >= 0.3 is 6.18 Å². The molecule has 1 amide bonds. The zero-order chi connectivity index (χ0) is 24.0. The van der Waals surface area contributed by atoms with Gasteiger partial charge in [-0.05, 0) is 59.7 Å². The Kier molecular flexibility index (Phi) is 7.36. The highest BCUT2D eigenvalue weighted by Gasteiger charge is 2.30. The smallest absolute Gasteiger partial charge is 0.416 e. The van der Waals surface area contributed by atoms with Crippen LogP contribution in [0.5, 0.6) is 5.75 Å². The summed E-state index contributed by atoms with van der Waals surface area (Å²) < 4.78 is 57.1. The van der Waals surface area contributed by atoms with Gasteiger partial charge < -0.3 is 10.1 Å². The third-order valence-electron chi connectivity index (χ3n) is 4.39. The number of nitrogens with zero attached hydrogens (tertiary/aromatic N) is 1. The maximum atomic E-state index is 13.0. The molecule has 0 bridgehead atoms. The molecule has 0 aromatic heterocycles. The second-order valence-corrected chi connectivity index (χ2v) is 7.21. The summed E-state index contributed by atoms with van der Waals surface area (Å²) in [4.78, 5) is 12.4. The van der Waals surface area contributed by atoms with Crippen molar-refractivity contribution in [3.63, 3.8) is 0 Å². The maximum Gasteiger partial charge on any atom is 0.416 e. The van der Waals surface area contributed by atoms with Crippen LogP contribution < -0.4 is 10.1 Å². The van der Waals surface area contributed by atoms with E-state index in [4.69, 9.17) is 16.3 Å². The van der Waals surface area contributed by atoms with E-state index in [2.05, 4.69) is 5.32 Å². The molecule has 0 unspecified atom stereocenters. The summed E-state index contributed by atoms with van der Waals surface area (Å²) in [5.41, 5.74) is -0.216. The van der Waals surface area contributed by atoms with Crippen LogP contribution >= 0.6 is 11.6 Å². The maximum absolute atomic E-state index is 13.0. The van der Waals surface area contributed by atoms with Crippen molar-refractivity contribution in [2.45, 2.75) is 12.8 Å². The van der Waals surface area contributed by atoms with Crippen molar-refractivity contribution in [1.82, 2.24) is 0 Å². The third-order valence-corrected chi connectivity index (χ3v) is 4.68. The Morgan fingerprint density at radius 3 is 2.45 bits per heavy atom. The number of rotatable bonds is 6. The van der Waals surface area contributed by atoms with Crippen LogP contribution in [0.25, 0.3) is 6.08 Å². The lowest BCUT2D eigenvalue weighted by molar-refractivity contribution is -0.137. The van der Waals surface area contributed by atoms with Gasteiger partial charge in [-0.15, -0.1) is 0 Å². The van der Waals surface area contributed by atoms with Gasteiger partial charge in [0.2, 0.25) is 0 Å². The van der Waals surface area contributed by atoms with Crippen LogP contribution in [0.1, 0.15) is 16.7 Å². The van der Waals surface area contributed by atoms with E-state index in [9.17, 15) is 27.6 Å². The summed E-state index contributed by atoms with van der Waals surface area (Å²) in [6.07, 6.45) is -3.32. The first-order valence-electron chi connectivity index (χ1n) is 9.43. The monoisotopic (exact) mass is 474 g/mol. The van der Waals surface area contributed by atoms with Gasteiger partial charge in [0.25, 0.3) is 5.91 Å². The number of hydrogen-bond donors (Lipinski definition) is 1. The normalized spacial score (nSPS) is 11.6. The van der Waals surface area contributed by atoms with Crippen molar-refractivity contribution < 1.29 is 27.1 Å². The summed E-state index contributed by atoms with van der Waals surface area (Å²) >= 11 is 6.21. The van der Waals surface area contributed by atoms with E-state index in [1.807, 2.05) is 0 Å². The average molecular weight is 475 g/mol. The van der Waals surface area contributed by atoms with E-state index in [0.717, 1.165) is 23.8 Å². The molecule has 0 aliphatic rings. The van der Waals surface area contributed by atoms with E-state index in [1.54, 1.807) is 24.3 Å². The van der Waals surface area contributed by atoms with Crippen LogP contribution in [-0.4, -0.2) is 5.91 Å². The molecule has 168 valence electrons. The summed E-state index contributed by atoms with van der Waals surface area (Å²) in [6.45, 7) is 0.151. The predicted molar refractivity (Wildman–Crippen MR) is 116 cm³/mol. The van der Waals surface area contributed by atoms with Crippen molar-refractivity contribution in [2.24, 2.45) is 0 Å². The highest BCUT2D eigenvalue weighted by Crippen LogP contribution is 2.31. The van der Waals surface area contributed by atoms with Crippen molar-refractivity contribution in [2.75, 3.05) is 5.32 Å². The molecular weight excluding hydrogens is 460 g/mol. The lowest BCUT2D eigenvalue weighted by Gasteiger charge is -2.10.